The zero-order chi connectivity index (χ0) is 16.7. The van der Waals surface area contributed by atoms with Crippen molar-refractivity contribution >= 4 is 15.9 Å². The monoisotopic (exact) mass is 338 g/mol. The molecule has 1 saturated heterocycles. The second kappa shape index (κ2) is 8.24. The summed E-state index contributed by atoms with van der Waals surface area (Å²) in [5.41, 5.74) is 0.930. The molecule has 1 aromatic carbocycles. The first-order valence-corrected chi connectivity index (χ1v) is 9.02. The summed E-state index contributed by atoms with van der Waals surface area (Å²) in [6, 6.07) is 6.71. The quantitative estimate of drug-likeness (QED) is 0.751. The highest BCUT2D eigenvalue weighted by Crippen LogP contribution is 2.18. The van der Waals surface area contributed by atoms with Crippen LogP contribution in [0.1, 0.15) is 12.0 Å². The Kier molecular flexibility index (Phi) is 6.32. The number of nitrogens with zero attached hydrogens (tertiary/aromatic N) is 1. The summed E-state index contributed by atoms with van der Waals surface area (Å²) in [5.74, 6) is -0.0464. The van der Waals surface area contributed by atoms with E-state index in [1.54, 1.807) is 30.3 Å². The van der Waals surface area contributed by atoms with Gasteiger partial charge in [0.05, 0.1) is 18.1 Å². The van der Waals surface area contributed by atoms with E-state index in [0.717, 1.165) is 5.56 Å². The predicted octanol–water partition coefficient (Wildman–Crippen LogP) is 0.942. The lowest BCUT2D eigenvalue weighted by Crippen LogP contribution is -2.40. The first-order valence-electron chi connectivity index (χ1n) is 7.58. The van der Waals surface area contributed by atoms with Crippen molar-refractivity contribution in [2.45, 2.75) is 17.7 Å². The van der Waals surface area contributed by atoms with Crippen LogP contribution in [0.3, 0.4) is 0 Å². The summed E-state index contributed by atoms with van der Waals surface area (Å²) in [5, 5.41) is 2.71. The van der Waals surface area contributed by atoms with Crippen molar-refractivity contribution in [3.05, 3.63) is 42.5 Å². The van der Waals surface area contributed by atoms with Crippen LogP contribution in [0.4, 0.5) is 0 Å². The van der Waals surface area contributed by atoms with Crippen molar-refractivity contribution in [3.63, 3.8) is 0 Å². The largest absolute Gasteiger partial charge is 0.379 e. The van der Waals surface area contributed by atoms with Gasteiger partial charge in [0.15, 0.2) is 0 Å². The molecule has 0 spiro atoms. The Labute approximate surface area is 137 Å². The summed E-state index contributed by atoms with van der Waals surface area (Å²) in [6.07, 6.45) is 2.56. The van der Waals surface area contributed by atoms with Gasteiger partial charge in [-0.2, -0.15) is 4.31 Å². The number of benzene rings is 1. The van der Waals surface area contributed by atoms with E-state index in [1.807, 2.05) is 0 Å². The van der Waals surface area contributed by atoms with Crippen molar-refractivity contribution < 1.29 is 17.9 Å². The number of hydrogen-bond acceptors (Lipinski definition) is 4. The minimum atomic E-state index is -3.46. The Balaban J connectivity index is 1.96. The highest BCUT2D eigenvalue weighted by atomic mass is 32.2. The van der Waals surface area contributed by atoms with E-state index in [2.05, 4.69) is 11.9 Å². The lowest BCUT2D eigenvalue weighted by molar-refractivity contribution is -0.120. The Hall–Kier alpha value is -1.70. The molecule has 1 aliphatic heterocycles. The number of rotatable bonds is 7. The van der Waals surface area contributed by atoms with Crippen LogP contribution in [-0.2, 0) is 26.0 Å². The fraction of sp³-hybridized carbons (Fsp3) is 0.438. The molecule has 1 aliphatic rings. The third-order valence-corrected chi connectivity index (χ3v) is 5.53. The topological polar surface area (TPSA) is 75.7 Å². The van der Waals surface area contributed by atoms with Crippen LogP contribution in [0.2, 0.25) is 0 Å². The van der Waals surface area contributed by atoms with Crippen molar-refractivity contribution in [3.8, 4) is 0 Å². The average molecular weight is 338 g/mol. The number of morpholine rings is 1. The Morgan fingerprint density at radius 2 is 1.91 bits per heavy atom. The molecule has 2 rings (SSSR count). The molecule has 0 radical (unpaired) electrons. The van der Waals surface area contributed by atoms with Gasteiger partial charge in [0.1, 0.15) is 0 Å². The maximum absolute atomic E-state index is 12.5. The summed E-state index contributed by atoms with van der Waals surface area (Å²) in [4.78, 5) is 11.8. The smallest absolute Gasteiger partial charge is 0.243 e. The first-order chi connectivity index (χ1) is 11.0. The van der Waals surface area contributed by atoms with E-state index < -0.39 is 10.0 Å². The molecule has 0 bridgehead atoms. The Bertz CT molecular complexity index is 635. The fourth-order valence-corrected chi connectivity index (χ4v) is 3.70. The number of hydrogen-bond donors (Lipinski definition) is 1. The standard InChI is InChI=1S/C16H22N2O4S/c1-2-9-17-16(19)8-5-14-3-6-15(7-4-14)23(20,21)18-10-12-22-13-11-18/h2-4,6-7H,1,5,8-13H2,(H,17,19). The summed E-state index contributed by atoms with van der Waals surface area (Å²) >= 11 is 0. The van der Waals surface area contributed by atoms with E-state index in [9.17, 15) is 13.2 Å². The molecule has 23 heavy (non-hydrogen) atoms. The van der Waals surface area contributed by atoms with Crippen LogP contribution >= 0.6 is 0 Å². The second-order valence-corrected chi connectivity index (χ2v) is 7.19. The zero-order valence-corrected chi connectivity index (χ0v) is 13.8. The van der Waals surface area contributed by atoms with Gasteiger partial charge in [-0.25, -0.2) is 8.42 Å². The molecule has 1 aromatic rings. The highest BCUT2D eigenvalue weighted by molar-refractivity contribution is 7.89. The molecule has 1 heterocycles. The molecule has 0 saturated carbocycles. The number of sulfonamides is 1. The van der Waals surface area contributed by atoms with Gasteiger partial charge < -0.3 is 10.1 Å². The van der Waals surface area contributed by atoms with Gasteiger partial charge in [-0.1, -0.05) is 18.2 Å². The van der Waals surface area contributed by atoms with Crippen LogP contribution in [0.5, 0.6) is 0 Å². The minimum absolute atomic E-state index is 0.0464. The molecule has 6 nitrogen and oxygen atoms in total. The van der Waals surface area contributed by atoms with Crippen molar-refractivity contribution in [2.24, 2.45) is 0 Å². The van der Waals surface area contributed by atoms with Crippen molar-refractivity contribution in [1.82, 2.24) is 9.62 Å². The average Bonchev–Trinajstić information content (AvgIpc) is 2.59. The van der Waals surface area contributed by atoms with Crippen LogP contribution in [0, 0.1) is 0 Å². The molecule has 0 aromatic heterocycles. The molecule has 126 valence electrons. The maximum atomic E-state index is 12.5. The number of carbonyl (C=O) groups is 1. The number of nitrogens with one attached hydrogen (secondary N) is 1. The molecule has 7 heteroatoms. The summed E-state index contributed by atoms with van der Waals surface area (Å²) < 4.78 is 31.6. The van der Waals surface area contributed by atoms with Gasteiger partial charge in [0.2, 0.25) is 15.9 Å². The number of carbonyl (C=O) groups excluding carboxylic acids is 1. The van der Waals surface area contributed by atoms with Crippen LogP contribution in [0.25, 0.3) is 0 Å². The van der Waals surface area contributed by atoms with Gasteiger partial charge in [-0.05, 0) is 24.1 Å². The van der Waals surface area contributed by atoms with E-state index in [4.69, 9.17) is 4.74 Å². The molecule has 1 fully saturated rings. The Morgan fingerprint density at radius 3 is 2.52 bits per heavy atom. The molecule has 0 unspecified atom stereocenters. The van der Waals surface area contributed by atoms with Crippen LogP contribution in [0.15, 0.2) is 41.8 Å². The van der Waals surface area contributed by atoms with Crippen molar-refractivity contribution in [1.29, 1.82) is 0 Å². The molecule has 0 atom stereocenters. The van der Waals surface area contributed by atoms with Gasteiger partial charge in [-0.3, -0.25) is 4.79 Å². The predicted molar refractivity (Wildman–Crippen MR) is 87.5 cm³/mol. The molecule has 1 amide bonds. The van der Waals surface area contributed by atoms with Gasteiger partial charge in [0, 0.05) is 26.1 Å². The zero-order valence-electron chi connectivity index (χ0n) is 13.0. The third kappa shape index (κ3) is 4.89. The van der Waals surface area contributed by atoms with E-state index in [-0.39, 0.29) is 10.8 Å². The number of amides is 1. The molecule has 1 N–H and O–H groups in total. The highest BCUT2D eigenvalue weighted by Gasteiger charge is 2.25. The SMILES string of the molecule is C=CCNC(=O)CCc1ccc(S(=O)(=O)N2CCOCC2)cc1. The van der Waals surface area contributed by atoms with Crippen LogP contribution in [-0.4, -0.2) is 51.5 Å². The number of ether oxygens (including phenoxy) is 1. The van der Waals surface area contributed by atoms with Crippen molar-refractivity contribution in [2.75, 3.05) is 32.8 Å². The minimum Gasteiger partial charge on any atom is -0.379 e. The lowest BCUT2D eigenvalue weighted by Gasteiger charge is -2.26. The van der Waals surface area contributed by atoms with E-state index in [0.29, 0.717) is 45.7 Å². The normalized spacial score (nSPS) is 16.0. The maximum Gasteiger partial charge on any atom is 0.243 e. The fourth-order valence-electron chi connectivity index (χ4n) is 2.30. The second-order valence-electron chi connectivity index (χ2n) is 5.25. The van der Waals surface area contributed by atoms with E-state index in [1.165, 1.54) is 4.31 Å². The van der Waals surface area contributed by atoms with E-state index >= 15 is 0 Å². The van der Waals surface area contributed by atoms with Gasteiger partial charge >= 0.3 is 0 Å². The summed E-state index contributed by atoms with van der Waals surface area (Å²) in [6.45, 7) is 5.61. The van der Waals surface area contributed by atoms with Crippen LogP contribution < -0.4 is 5.32 Å². The number of aryl methyl sites for hydroxylation is 1. The van der Waals surface area contributed by atoms with Gasteiger partial charge in [-0.15, -0.1) is 6.58 Å². The Morgan fingerprint density at radius 1 is 1.26 bits per heavy atom. The van der Waals surface area contributed by atoms with Gasteiger partial charge in [0.25, 0.3) is 0 Å². The third-order valence-electron chi connectivity index (χ3n) is 3.62. The molecular weight excluding hydrogens is 316 g/mol. The summed E-state index contributed by atoms with van der Waals surface area (Å²) in [7, 11) is -3.46. The molecule has 0 aliphatic carbocycles. The molecular formula is C16H22N2O4S. The first kappa shape index (κ1) is 17.7. The lowest BCUT2D eigenvalue weighted by atomic mass is 10.1.